The molecule has 1 aromatic heterocycles. The van der Waals surface area contributed by atoms with Gasteiger partial charge in [-0.1, -0.05) is 38.2 Å². The zero-order valence-corrected chi connectivity index (χ0v) is 7.25. The smallest absolute Gasteiger partial charge is 0.115 e. The molecule has 0 saturated heterocycles. The second kappa shape index (κ2) is 7.32. The van der Waals surface area contributed by atoms with Gasteiger partial charge in [-0.15, -0.1) is 0 Å². The normalized spacial score (nSPS) is 8.18. The Morgan fingerprint density at radius 1 is 1.36 bits per heavy atom. The Morgan fingerprint density at radius 2 is 2.00 bits per heavy atom. The van der Waals surface area contributed by atoms with Gasteiger partial charge in [0.15, 0.2) is 0 Å². The molecule has 0 aliphatic carbocycles. The molecule has 1 rings (SSSR count). The molecule has 58 valence electrons. The van der Waals surface area contributed by atoms with Gasteiger partial charge in [0.05, 0.1) is 0 Å². The molecule has 11 heavy (non-hydrogen) atoms. The summed E-state index contributed by atoms with van der Waals surface area (Å²) in [5.41, 5.74) is 0.711. The van der Waals surface area contributed by atoms with Crippen molar-refractivity contribution in [3.8, 4) is 0 Å². The Morgan fingerprint density at radius 3 is 2.18 bits per heavy atom. The molecule has 0 unspecified atom stereocenters. The molecular weight excluding hydrogens is 133 g/mol. The van der Waals surface area contributed by atoms with Crippen molar-refractivity contribution in [2.75, 3.05) is 0 Å². The number of pyridine rings is 1. The zero-order valence-electron chi connectivity index (χ0n) is 7.25. The third kappa shape index (κ3) is 7.11. The molecule has 1 nitrogen and oxygen atoms in total. The monoisotopic (exact) mass is 147 g/mol. The summed E-state index contributed by atoms with van der Waals surface area (Å²) in [5, 5.41) is 0. The van der Waals surface area contributed by atoms with Gasteiger partial charge in [-0.05, 0) is 6.07 Å². The van der Waals surface area contributed by atoms with Crippen molar-refractivity contribution in [2.45, 2.75) is 26.7 Å². The zero-order chi connectivity index (χ0) is 8.53. The fourth-order valence-electron chi connectivity index (χ4n) is 0.376. The van der Waals surface area contributed by atoms with E-state index in [1.165, 1.54) is 12.8 Å². The van der Waals surface area contributed by atoms with E-state index in [1.807, 2.05) is 0 Å². The van der Waals surface area contributed by atoms with Gasteiger partial charge in [0.25, 0.3) is 0 Å². The van der Waals surface area contributed by atoms with Gasteiger partial charge >= 0.3 is 0 Å². The first-order valence-corrected chi connectivity index (χ1v) is 3.96. The third-order valence-corrected chi connectivity index (χ3v) is 1.18. The minimum absolute atomic E-state index is 0.711. The predicted octanol–water partition coefficient (Wildman–Crippen LogP) is 1.68. The second-order valence-electron chi connectivity index (χ2n) is 2.29. The quantitative estimate of drug-likeness (QED) is 0.550. The van der Waals surface area contributed by atoms with Crippen LogP contribution in [0, 0.1) is 0 Å². The minimum atomic E-state index is 0.711. The van der Waals surface area contributed by atoms with E-state index in [1.54, 1.807) is 24.5 Å². The number of rotatable bonds is 1. The van der Waals surface area contributed by atoms with E-state index in [2.05, 4.69) is 18.8 Å². The topological polar surface area (TPSA) is 12.9 Å². The summed E-state index contributed by atoms with van der Waals surface area (Å²) in [6.45, 7) is 4.36. The average Bonchev–Trinajstić information content (AvgIpc) is 2.07. The molecule has 0 N–H and O–H groups in total. The molecule has 2 heteroatoms. The first kappa shape index (κ1) is 10.2. The van der Waals surface area contributed by atoms with Gasteiger partial charge in [-0.2, -0.15) is 0 Å². The van der Waals surface area contributed by atoms with E-state index in [4.69, 9.17) is 7.85 Å². The molecule has 0 aromatic carbocycles. The summed E-state index contributed by atoms with van der Waals surface area (Å²) in [7, 11) is 5.30. The molecule has 0 amide bonds. The maximum Gasteiger partial charge on any atom is 0.115 e. The first-order valence-electron chi connectivity index (χ1n) is 3.96. The molecule has 0 saturated carbocycles. The Kier molecular flexibility index (Phi) is 6.80. The van der Waals surface area contributed by atoms with Crippen molar-refractivity contribution in [3.05, 3.63) is 24.5 Å². The van der Waals surface area contributed by atoms with Crippen molar-refractivity contribution in [1.82, 2.24) is 4.98 Å². The molecular formula is C9H14BN. The third-order valence-electron chi connectivity index (χ3n) is 1.18. The van der Waals surface area contributed by atoms with Crippen LogP contribution in [0.5, 0.6) is 0 Å². The standard InChI is InChI=1S/C5H4BN.C4H10/c6-5-2-1-3-7-4-5;1-3-4-2/h1-4H;3-4H2,1-2H3. The lowest BCUT2D eigenvalue weighted by molar-refractivity contribution is 0.886. The van der Waals surface area contributed by atoms with Crippen LogP contribution in [0.1, 0.15) is 26.7 Å². The summed E-state index contributed by atoms with van der Waals surface area (Å²) in [5.74, 6) is 0. The summed E-state index contributed by atoms with van der Waals surface area (Å²) in [6, 6.07) is 3.60. The molecule has 1 heterocycles. The fraction of sp³-hybridized carbons (Fsp3) is 0.444. The Labute approximate surface area is 70.3 Å². The summed E-state index contributed by atoms with van der Waals surface area (Å²) >= 11 is 0. The van der Waals surface area contributed by atoms with Gasteiger partial charge < -0.3 is 0 Å². The number of nitrogens with zero attached hydrogens (tertiary/aromatic N) is 1. The Bertz CT molecular complexity index is 160. The van der Waals surface area contributed by atoms with Crippen LogP contribution >= 0.6 is 0 Å². The van der Waals surface area contributed by atoms with Crippen LogP contribution in [-0.2, 0) is 0 Å². The summed E-state index contributed by atoms with van der Waals surface area (Å²) in [4.78, 5) is 3.76. The van der Waals surface area contributed by atoms with Crippen molar-refractivity contribution in [3.63, 3.8) is 0 Å². The SMILES string of the molecule is CCCC.[B]c1cccnc1. The van der Waals surface area contributed by atoms with Crippen LogP contribution in [0.2, 0.25) is 0 Å². The van der Waals surface area contributed by atoms with Crippen LogP contribution in [0.3, 0.4) is 0 Å². The highest BCUT2D eigenvalue weighted by Gasteiger charge is 1.73. The van der Waals surface area contributed by atoms with Crippen molar-refractivity contribution in [1.29, 1.82) is 0 Å². The van der Waals surface area contributed by atoms with Crippen molar-refractivity contribution in [2.24, 2.45) is 0 Å². The highest BCUT2D eigenvalue weighted by molar-refractivity contribution is 6.31. The lowest BCUT2D eigenvalue weighted by atomic mass is 10.00. The lowest BCUT2D eigenvalue weighted by Crippen LogP contribution is -1.99. The number of unbranched alkanes of at least 4 members (excludes halogenated alkanes) is 1. The van der Waals surface area contributed by atoms with Gasteiger partial charge in [0.2, 0.25) is 0 Å². The molecule has 0 atom stereocenters. The second-order valence-corrected chi connectivity index (χ2v) is 2.29. The van der Waals surface area contributed by atoms with Gasteiger partial charge in [0, 0.05) is 12.4 Å². The Balaban J connectivity index is 0.000000218. The fourth-order valence-corrected chi connectivity index (χ4v) is 0.376. The minimum Gasteiger partial charge on any atom is -0.265 e. The number of hydrogen-bond acceptors (Lipinski definition) is 1. The lowest BCUT2D eigenvalue weighted by Gasteiger charge is -1.82. The van der Waals surface area contributed by atoms with E-state index < -0.39 is 0 Å². The van der Waals surface area contributed by atoms with Gasteiger partial charge in [-0.25, -0.2) is 0 Å². The van der Waals surface area contributed by atoms with E-state index >= 15 is 0 Å². The predicted molar refractivity (Wildman–Crippen MR) is 50.2 cm³/mol. The van der Waals surface area contributed by atoms with E-state index in [0.717, 1.165) is 0 Å². The molecule has 0 aliphatic rings. The van der Waals surface area contributed by atoms with Gasteiger partial charge in [-0.3, -0.25) is 4.98 Å². The highest BCUT2D eigenvalue weighted by Crippen LogP contribution is 1.76. The van der Waals surface area contributed by atoms with E-state index in [9.17, 15) is 0 Å². The highest BCUT2D eigenvalue weighted by atomic mass is 14.6. The van der Waals surface area contributed by atoms with Crippen LogP contribution in [0.15, 0.2) is 24.5 Å². The Hall–Kier alpha value is -0.785. The van der Waals surface area contributed by atoms with Crippen LogP contribution in [-0.4, -0.2) is 12.8 Å². The number of aromatic nitrogens is 1. The largest absolute Gasteiger partial charge is 0.265 e. The maximum absolute atomic E-state index is 5.30. The average molecular weight is 147 g/mol. The molecule has 0 spiro atoms. The van der Waals surface area contributed by atoms with E-state index in [0.29, 0.717) is 5.46 Å². The molecule has 2 radical (unpaired) electrons. The van der Waals surface area contributed by atoms with Crippen LogP contribution in [0.4, 0.5) is 0 Å². The molecule has 1 aromatic rings. The first-order chi connectivity index (χ1) is 5.31. The van der Waals surface area contributed by atoms with E-state index in [-0.39, 0.29) is 0 Å². The maximum atomic E-state index is 5.30. The van der Waals surface area contributed by atoms with Crippen LogP contribution in [0.25, 0.3) is 0 Å². The molecule has 0 fully saturated rings. The number of hydrogen-bond donors (Lipinski definition) is 0. The van der Waals surface area contributed by atoms with Gasteiger partial charge in [0.1, 0.15) is 7.85 Å². The molecule has 0 aliphatic heterocycles. The molecule has 0 bridgehead atoms. The summed E-state index contributed by atoms with van der Waals surface area (Å²) < 4.78 is 0. The summed E-state index contributed by atoms with van der Waals surface area (Å²) in [6.07, 6.45) is 5.94. The van der Waals surface area contributed by atoms with Crippen LogP contribution < -0.4 is 5.46 Å². The van der Waals surface area contributed by atoms with Crippen molar-refractivity contribution >= 4 is 13.3 Å². The van der Waals surface area contributed by atoms with Crippen molar-refractivity contribution < 1.29 is 0 Å².